The van der Waals surface area contributed by atoms with Crippen LogP contribution in [0.1, 0.15) is 37.5 Å². The fraction of sp³-hybridized carbons (Fsp3) is 0.368. The molecule has 1 heterocycles. The van der Waals surface area contributed by atoms with Crippen molar-refractivity contribution in [3.63, 3.8) is 0 Å². The van der Waals surface area contributed by atoms with Gasteiger partial charge in [0.25, 0.3) is 0 Å². The van der Waals surface area contributed by atoms with Gasteiger partial charge >= 0.3 is 12.0 Å². The van der Waals surface area contributed by atoms with E-state index in [9.17, 15) is 9.59 Å². The van der Waals surface area contributed by atoms with Gasteiger partial charge in [-0.05, 0) is 35.7 Å². The van der Waals surface area contributed by atoms with Gasteiger partial charge in [-0.25, -0.2) is 4.79 Å². The van der Waals surface area contributed by atoms with E-state index in [2.05, 4.69) is 23.9 Å². The van der Waals surface area contributed by atoms with Crippen molar-refractivity contribution < 1.29 is 18.7 Å². The largest absolute Gasteiger partial charge is 0.469 e. The quantitative estimate of drug-likeness (QED) is 0.771. The number of hydrogen-bond acceptors (Lipinski definition) is 4. The molecule has 0 radical (unpaired) electrons. The lowest BCUT2D eigenvalue weighted by atomic mass is 10.0. The maximum absolute atomic E-state index is 12.6. The summed E-state index contributed by atoms with van der Waals surface area (Å²) in [5.74, 6) is 0.717. The zero-order valence-electron chi connectivity index (χ0n) is 14.8. The summed E-state index contributed by atoms with van der Waals surface area (Å²) in [7, 11) is 1.33. The number of urea groups is 1. The van der Waals surface area contributed by atoms with Crippen molar-refractivity contribution in [2.24, 2.45) is 0 Å². The van der Waals surface area contributed by atoms with E-state index in [1.165, 1.54) is 17.6 Å². The van der Waals surface area contributed by atoms with Crippen molar-refractivity contribution in [1.29, 1.82) is 0 Å². The number of nitrogens with zero attached hydrogens (tertiary/aromatic N) is 1. The summed E-state index contributed by atoms with van der Waals surface area (Å²) in [6, 6.07) is 11.0. The van der Waals surface area contributed by atoms with Crippen molar-refractivity contribution in [2.45, 2.75) is 32.7 Å². The molecule has 0 aliphatic carbocycles. The number of ether oxygens (including phenoxy) is 1. The third-order valence-corrected chi connectivity index (χ3v) is 3.86. The van der Waals surface area contributed by atoms with E-state index in [-0.39, 0.29) is 31.5 Å². The minimum atomic E-state index is -0.362. The molecular formula is C19H24N2O4. The van der Waals surface area contributed by atoms with Gasteiger partial charge in [-0.15, -0.1) is 0 Å². The number of amides is 2. The zero-order chi connectivity index (χ0) is 18.2. The summed E-state index contributed by atoms with van der Waals surface area (Å²) >= 11 is 0. The Kier molecular flexibility index (Phi) is 6.62. The van der Waals surface area contributed by atoms with E-state index in [4.69, 9.17) is 4.42 Å². The molecule has 2 rings (SSSR count). The molecule has 1 aromatic heterocycles. The lowest BCUT2D eigenvalue weighted by Gasteiger charge is -2.22. The third-order valence-electron chi connectivity index (χ3n) is 3.86. The Labute approximate surface area is 147 Å². The Morgan fingerprint density at radius 2 is 1.92 bits per heavy atom. The number of furan rings is 1. The topological polar surface area (TPSA) is 71.8 Å². The summed E-state index contributed by atoms with van der Waals surface area (Å²) in [4.78, 5) is 25.5. The van der Waals surface area contributed by atoms with E-state index < -0.39 is 0 Å². The van der Waals surface area contributed by atoms with Gasteiger partial charge in [-0.3, -0.25) is 4.79 Å². The first-order valence-electron chi connectivity index (χ1n) is 8.24. The predicted molar refractivity (Wildman–Crippen MR) is 95.3 cm³/mol. The van der Waals surface area contributed by atoms with E-state index in [1.807, 2.05) is 24.3 Å². The summed E-state index contributed by atoms with van der Waals surface area (Å²) < 4.78 is 9.95. The number of esters is 1. The van der Waals surface area contributed by atoms with Crippen LogP contribution in [0.4, 0.5) is 10.5 Å². The molecule has 2 amide bonds. The Balaban J connectivity index is 2.03. The number of carbonyl (C=O) groups excluding carboxylic acids is 2. The minimum Gasteiger partial charge on any atom is -0.469 e. The first kappa shape index (κ1) is 18.6. The number of carbonyl (C=O) groups is 2. The molecular weight excluding hydrogens is 320 g/mol. The maximum Gasteiger partial charge on any atom is 0.322 e. The van der Waals surface area contributed by atoms with Gasteiger partial charge in [0.2, 0.25) is 0 Å². The van der Waals surface area contributed by atoms with Gasteiger partial charge in [0.05, 0.1) is 26.3 Å². The molecule has 6 heteroatoms. The van der Waals surface area contributed by atoms with Crippen LogP contribution in [0, 0.1) is 0 Å². The highest BCUT2D eigenvalue weighted by atomic mass is 16.5. The Hall–Kier alpha value is -2.76. The van der Waals surface area contributed by atoms with E-state index in [0.717, 1.165) is 0 Å². The molecule has 0 saturated carbocycles. The smallest absolute Gasteiger partial charge is 0.322 e. The van der Waals surface area contributed by atoms with Crippen molar-refractivity contribution in [3.05, 3.63) is 54.0 Å². The van der Waals surface area contributed by atoms with Crippen LogP contribution in [0.2, 0.25) is 0 Å². The molecule has 6 nitrogen and oxygen atoms in total. The SMILES string of the molecule is COC(=O)CCN(Cc1ccco1)C(=O)Nc1ccc(C(C)C)cc1. The van der Waals surface area contributed by atoms with Crippen molar-refractivity contribution in [3.8, 4) is 0 Å². The molecule has 0 unspecified atom stereocenters. The molecule has 0 atom stereocenters. The molecule has 0 aliphatic heterocycles. The molecule has 0 fully saturated rings. The van der Waals surface area contributed by atoms with E-state index in [1.54, 1.807) is 18.4 Å². The molecule has 25 heavy (non-hydrogen) atoms. The van der Waals surface area contributed by atoms with Crippen molar-refractivity contribution >= 4 is 17.7 Å². The minimum absolute atomic E-state index is 0.122. The number of nitrogens with one attached hydrogen (secondary N) is 1. The number of rotatable bonds is 7. The van der Waals surface area contributed by atoms with Gasteiger partial charge in [0.15, 0.2) is 0 Å². The fourth-order valence-corrected chi connectivity index (χ4v) is 2.33. The third kappa shape index (κ3) is 5.67. The number of methoxy groups -OCH3 is 1. The number of anilines is 1. The van der Waals surface area contributed by atoms with Crippen LogP contribution in [0.3, 0.4) is 0 Å². The summed E-state index contributed by atoms with van der Waals surface area (Å²) in [6.45, 7) is 4.75. The van der Waals surface area contributed by atoms with Crippen LogP contribution in [-0.4, -0.2) is 30.6 Å². The monoisotopic (exact) mass is 344 g/mol. The molecule has 0 aliphatic rings. The summed E-state index contributed by atoms with van der Waals surface area (Å²) in [6.07, 6.45) is 1.67. The molecule has 0 spiro atoms. The standard InChI is InChI=1S/C19H24N2O4/c1-14(2)15-6-8-16(9-7-15)20-19(23)21(11-10-18(22)24-3)13-17-5-4-12-25-17/h4-9,12,14H,10-11,13H2,1-3H3,(H,20,23). The molecule has 134 valence electrons. The second kappa shape index (κ2) is 8.92. The number of benzene rings is 1. The Morgan fingerprint density at radius 1 is 1.20 bits per heavy atom. The van der Waals surface area contributed by atoms with E-state index in [0.29, 0.717) is 17.4 Å². The van der Waals surface area contributed by atoms with Crippen LogP contribution in [0.5, 0.6) is 0 Å². The van der Waals surface area contributed by atoms with E-state index >= 15 is 0 Å². The fourth-order valence-electron chi connectivity index (χ4n) is 2.33. The highest BCUT2D eigenvalue weighted by molar-refractivity contribution is 5.89. The van der Waals surface area contributed by atoms with Gasteiger partial charge in [-0.2, -0.15) is 0 Å². The normalized spacial score (nSPS) is 10.6. The van der Waals surface area contributed by atoms with Crippen molar-refractivity contribution in [2.75, 3.05) is 19.0 Å². The van der Waals surface area contributed by atoms with Gasteiger partial charge in [-0.1, -0.05) is 26.0 Å². The molecule has 1 N–H and O–H groups in total. The lowest BCUT2D eigenvalue weighted by Crippen LogP contribution is -2.36. The molecule has 1 aromatic carbocycles. The average Bonchev–Trinajstić information content (AvgIpc) is 3.11. The van der Waals surface area contributed by atoms with Gasteiger partial charge < -0.3 is 19.4 Å². The highest BCUT2D eigenvalue weighted by Gasteiger charge is 2.17. The predicted octanol–water partition coefficient (Wildman–Crippen LogP) is 4.00. The highest BCUT2D eigenvalue weighted by Crippen LogP contribution is 2.18. The lowest BCUT2D eigenvalue weighted by molar-refractivity contribution is -0.140. The van der Waals surface area contributed by atoms with Crippen LogP contribution in [-0.2, 0) is 16.1 Å². The molecule has 2 aromatic rings. The van der Waals surface area contributed by atoms with Crippen LogP contribution < -0.4 is 5.32 Å². The summed E-state index contributed by atoms with van der Waals surface area (Å²) in [5.41, 5.74) is 1.91. The van der Waals surface area contributed by atoms with Crippen molar-refractivity contribution in [1.82, 2.24) is 4.90 Å². The first-order chi connectivity index (χ1) is 12.0. The van der Waals surface area contributed by atoms with Crippen LogP contribution in [0.15, 0.2) is 47.1 Å². The van der Waals surface area contributed by atoms with Crippen LogP contribution >= 0.6 is 0 Å². The average molecular weight is 344 g/mol. The summed E-state index contributed by atoms with van der Waals surface area (Å²) in [5, 5.41) is 2.86. The van der Waals surface area contributed by atoms with Gasteiger partial charge in [0.1, 0.15) is 5.76 Å². The maximum atomic E-state index is 12.6. The first-order valence-corrected chi connectivity index (χ1v) is 8.24. The Morgan fingerprint density at radius 3 is 2.48 bits per heavy atom. The van der Waals surface area contributed by atoms with Crippen LogP contribution in [0.25, 0.3) is 0 Å². The van der Waals surface area contributed by atoms with Gasteiger partial charge in [0, 0.05) is 12.2 Å². The zero-order valence-corrected chi connectivity index (χ0v) is 14.8. The molecule has 0 bridgehead atoms. The Bertz CT molecular complexity index is 678. The number of hydrogen-bond donors (Lipinski definition) is 1. The molecule has 0 saturated heterocycles. The second-order valence-corrected chi connectivity index (χ2v) is 6.03. The second-order valence-electron chi connectivity index (χ2n) is 6.03.